The van der Waals surface area contributed by atoms with Crippen molar-refractivity contribution in [3.63, 3.8) is 0 Å². The third-order valence-electron chi connectivity index (χ3n) is 4.75. The van der Waals surface area contributed by atoms with Crippen LogP contribution in [-0.2, 0) is 0 Å². The number of hydrogen-bond donors (Lipinski definition) is 2. The standard InChI is InChI=1S/C21H19FN4O2/c1-12-5-6-14(21(28)25-16-7-8-16)10-18(12)26-20(23)17(11-24-26)19(27)13-3-2-4-15(22)9-13/h2-6,9-11,16H,7-8,23H2,1H3,(H,25,28). The summed E-state index contributed by atoms with van der Waals surface area (Å²) in [5.41, 5.74) is 8.52. The van der Waals surface area contributed by atoms with Gasteiger partial charge in [-0.15, -0.1) is 0 Å². The van der Waals surface area contributed by atoms with E-state index in [1.54, 1.807) is 12.1 Å². The number of halogens is 1. The maximum atomic E-state index is 13.4. The van der Waals surface area contributed by atoms with Gasteiger partial charge < -0.3 is 11.1 Å². The van der Waals surface area contributed by atoms with Gasteiger partial charge >= 0.3 is 0 Å². The van der Waals surface area contributed by atoms with Crippen LogP contribution in [0.25, 0.3) is 5.69 Å². The van der Waals surface area contributed by atoms with Gasteiger partial charge in [-0.2, -0.15) is 5.10 Å². The smallest absolute Gasteiger partial charge is 0.251 e. The minimum Gasteiger partial charge on any atom is -0.383 e. The second-order valence-corrected chi connectivity index (χ2v) is 6.94. The fourth-order valence-corrected chi connectivity index (χ4v) is 2.99. The molecule has 1 aliphatic carbocycles. The summed E-state index contributed by atoms with van der Waals surface area (Å²) in [5.74, 6) is -0.923. The highest BCUT2D eigenvalue weighted by Gasteiger charge is 2.24. The number of nitrogens with zero attached hydrogens (tertiary/aromatic N) is 2. The summed E-state index contributed by atoms with van der Waals surface area (Å²) < 4.78 is 14.9. The van der Waals surface area contributed by atoms with Crippen LogP contribution in [0.4, 0.5) is 10.2 Å². The number of carbonyl (C=O) groups excluding carboxylic acids is 2. The lowest BCUT2D eigenvalue weighted by Gasteiger charge is -2.11. The van der Waals surface area contributed by atoms with Gasteiger partial charge in [-0.25, -0.2) is 9.07 Å². The van der Waals surface area contributed by atoms with Crippen molar-refractivity contribution in [2.75, 3.05) is 5.73 Å². The fourth-order valence-electron chi connectivity index (χ4n) is 2.99. The molecule has 0 radical (unpaired) electrons. The lowest BCUT2D eigenvalue weighted by molar-refractivity contribution is 0.0950. The van der Waals surface area contributed by atoms with Crippen LogP contribution < -0.4 is 11.1 Å². The van der Waals surface area contributed by atoms with Crippen LogP contribution in [-0.4, -0.2) is 27.5 Å². The fraction of sp³-hybridized carbons (Fsp3) is 0.190. The maximum Gasteiger partial charge on any atom is 0.251 e. The Labute approximate surface area is 161 Å². The van der Waals surface area contributed by atoms with Crippen molar-refractivity contribution in [2.24, 2.45) is 0 Å². The van der Waals surface area contributed by atoms with E-state index in [1.807, 2.05) is 13.0 Å². The van der Waals surface area contributed by atoms with E-state index in [9.17, 15) is 14.0 Å². The summed E-state index contributed by atoms with van der Waals surface area (Å²) in [6, 6.07) is 10.9. The zero-order chi connectivity index (χ0) is 19.8. The molecule has 6 nitrogen and oxygen atoms in total. The molecule has 0 atom stereocenters. The lowest BCUT2D eigenvalue weighted by atomic mass is 10.1. The van der Waals surface area contributed by atoms with E-state index in [2.05, 4.69) is 10.4 Å². The highest BCUT2D eigenvalue weighted by Crippen LogP contribution is 2.24. The Kier molecular flexibility index (Phi) is 4.43. The topological polar surface area (TPSA) is 90.0 Å². The van der Waals surface area contributed by atoms with Gasteiger partial charge in [0.1, 0.15) is 11.6 Å². The molecule has 3 N–H and O–H groups in total. The van der Waals surface area contributed by atoms with Gasteiger partial charge in [-0.3, -0.25) is 9.59 Å². The molecule has 28 heavy (non-hydrogen) atoms. The van der Waals surface area contributed by atoms with E-state index in [0.29, 0.717) is 11.3 Å². The van der Waals surface area contributed by atoms with E-state index in [0.717, 1.165) is 24.5 Å². The number of anilines is 1. The van der Waals surface area contributed by atoms with E-state index < -0.39 is 11.6 Å². The van der Waals surface area contributed by atoms with Crippen molar-refractivity contribution in [1.29, 1.82) is 0 Å². The number of nitrogens with two attached hydrogens (primary N) is 1. The molecule has 4 rings (SSSR count). The van der Waals surface area contributed by atoms with E-state index in [1.165, 1.54) is 29.1 Å². The summed E-state index contributed by atoms with van der Waals surface area (Å²) in [6.07, 6.45) is 3.36. The predicted octanol–water partition coefficient (Wildman–Crippen LogP) is 3.03. The number of aryl methyl sites for hydroxylation is 1. The third kappa shape index (κ3) is 3.38. The first kappa shape index (κ1) is 17.9. The average molecular weight is 378 g/mol. The number of nitrogens with one attached hydrogen (secondary N) is 1. The lowest BCUT2D eigenvalue weighted by Crippen LogP contribution is -2.25. The van der Waals surface area contributed by atoms with Gasteiger partial charge in [0.2, 0.25) is 0 Å². The van der Waals surface area contributed by atoms with Gasteiger partial charge in [-0.1, -0.05) is 18.2 Å². The molecule has 1 fully saturated rings. The molecule has 0 aliphatic heterocycles. The molecule has 2 aromatic carbocycles. The van der Waals surface area contributed by atoms with Gasteiger partial charge in [0.25, 0.3) is 5.91 Å². The molecule has 142 valence electrons. The van der Waals surface area contributed by atoms with Crippen LogP contribution in [0.3, 0.4) is 0 Å². The number of benzene rings is 2. The third-order valence-corrected chi connectivity index (χ3v) is 4.75. The summed E-state index contributed by atoms with van der Waals surface area (Å²) in [7, 11) is 0. The quantitative estimate of drug-likeness (QED) is 0.668. The van der Waals surface area contributed by atoms with Gasteiger partial charge in [0.15, 0.2) is 5.78 Å². The number of hydrogen-bond acceptors (Lipinski definition) is 4. The Morgan fingerprint density at radius 1 is 1.18 bits per heavy atom. The number of aromatic nitrogens is 2. The van der Waals surface area contributed by atoms with Crippen molar-refractivity contribution >= 4 is 17.5 Å². The zero-order valence-corrected chi connectivity index (χ0v) is 15.3. The summed E-state index contributed by atoms with van der Waals surface area (Å²) in [6.45, 7) is 1.87. The van der Waals surface area contributed by atoms with Crippen molar-refractivity contribution < 1.29 is 14.0 Å². The molecule has 0 bridgehead atoms. The van der Waals surface area contributed by atoms with Crippen LogP contribution in [0.2, 0.25) is 0 Å². The van der Waals surface area contributed by atoms with Crippen molar-refractivity contribution in [3.05, 3.63) is 76.7 Å². The second-order valence-electron chi connectivity index (χ2n) is 6.94. The monoisotopic (exact) mass is 378 g/mol. The molecule has 0 saturated heterocycles. The van der Waals surface area contributed by atoms with E-state index in [4.69, 9.17) is 5.73 Å². The SMILES string of the molecule is Cc1ccc(C(=O)NC2CC2)cc1-n1ncc(C(=O)c2cccc(F)c2)c1N. The molecule has 1 amide bonds. The Hall–Kier alpha value is -3.48. The first-order chi connectivity index (χ1) is 13.4. The molecule has 0 unspecified atom stereocenters. The average Bonchev–Trinajstić information content (AvgIpc) is 3.41. The van der Waals surface area contributed by atoms with Crippen LogP contribution in [0.5, 0.6) is 0 Å². The molecular weight excluding hydrogens is 359 g/mol. The predicted molar refractivity (Wildman–Crippen MR) is 103 cm³/mol. The molecular formula is C21H19FN4O2. The normalized spacial score (nSPS) is 13.4. The zero-order valence-electron chi connectivity index (χ0n) is 15.3. The molecule has 1 aliphatic rings. The molecule has 3 aromatic rings. The highest BCUT2D eigenvalue weighted by atomic mass is 19.1. The Balaban J connectivity index is 1.68. The second kappa shape index (κ2) is 6.92. The van der Waals surface area contributed by atoms with Crippen molar-refractivity contribution in [1.82, 2.24) is 15.1 Å². The van der Waals surface area contributed by atoms with Crippen LogP contribution in [0.1, 0.15) is 44.7 Å². The number of ketones is 1. The van der Waals surface area contributed by atoms with E-state index >= 15 is 0 Å². The Morgan fingerprint density at radius 3 is 2.68 bits per heavy atom. The highest BCUT2D eigenvalue weighted by molar-refractivity contribution is 6.11. The van der Waals surface area contributed by atoms with Gasteiger partial charge in [0.05, 0.1) is 17.4 Å². The van der Waals surface area contributed by atoms with Crippen LogP contribution >= 0.6 is 0 Å². The number of carbonyl (C=O) groups is 2. The summed E-state index contributed by atoms with van der Waals surface area (Å²) in [4.78, 5) is 25.0. The van der Waals surface area contributed by atoms with Crippen LogP contribution in [0.15, 0.2) is 48.7 Å². The molecule has 0 spiro atoms. The summed E-state index contributed by atoms with van der Waals surface area (Å²) in [5, 5.41) is 7.18. The minimum atomic E-state index is -0.498. The number of nitrogen functional groups attached to an aromatic ring is 1. The Morgan fingerprint density at radius 2 is 1.96 bits per heavy atom. The Bertz CT molecular complexity index is 1090. The van der Waals surface area contributed by atoms with Crippen molar-refractivity contribution in [3.8, 4) is 5.69 Å². The first-order valence-electron chi connectivity index (χ1n) is 8.99. The molecule has 1 aromatic heterocycles. The van der Waals surface area contributed by atoms with Gasteiger partial charge in [0, 0.05) is 17.2 Å². The van der Waals surface area contributed by atoms with Crippen LogP contribution in [0, 0.1) is 12.7 Å². The number of amides is 1. The molecule has 7 heteroatoms. The molecule has 1 heterocycles. The van der Waals surface area contributed by atoms with Gasteiger partial charge in [-0.05, 0) is 49.6 Å². The largest absolute Gasteiger partial charge is 0.383 e. The summed E-state index contributed by atoms with van der Waals surface area (Å²) >= 11 is 0. The maximum absolute atomic E-state index is 13.4. The molecule has 1 saturated carbocycles. The minimum absolute atomic E-state index is 0.136. The van der Waals surface area contributed by atoms with E-state index in [-0.39, 0.29) is 28.9 Å². The van der Waals surface area contributed by atoms with Crippen molar-refractivity contribution in [2.45, 2.75) is 25.8 Å². The first-order valence-corrected chi connectivity index (χ1v) is 8.99. The number of rotatable bonds is 5.